The van der Waals surface area contributed by atoms with Crippen molar-refractivity contribution in [2.75, 3.05) is 19.0 Å². The second-order valence-corrected chi connectivity index (χ2v) is 7.65. The Balaban J connectivity index is 1.57. The second-order valence-electron chi connectivity index (χ2n) is 6.79. The second kappa shape index (κ2) is 11.1. The number of methoxy groups -OCH3 is 1. The standard InChI is InChI=1S/C24H22BrN3O4/c1-16-7-10-18(11-8-16)26-15-23(29)28-27-14-17-9-12-21(22(13-17)31-2)32-24(30)19-5-3-4-6-20(19)25/h3-14,26H,15H2,1-2H3,(H,28,29)/b27-14+. The van der Waals surface area contributed by atoms with Crippen molar-refractivity contribution in [3.8, 4) is 11.5 Å². The first-order valence-electron chi connectivity index (χ1n) is 9.73. The fourth-order valence-corrected chi connectivity index (χ4v) is 3.15. The van der Waals surface area contributed by atoms with E-state index in [2.05, 4.69) is 31.8 Å². The number of esters is 1. The third kappa shape index (κ3) is 6.42. The highest BCUT2D eigenvalue weighted by molar-refractivity contribution is 9.10. The van der Waals surface area contributed by atoms with E-state index in [0.717, 1.165) is 11.3 Å². The monoisotopic (exact) mass is 495 g/mol. The highest BCUT2D eigenvalue weighted by Crippen LogP contribution is 2.29. The molecule has 0 aliphatic rings. The lowest BCUT2D eigenvalue weighted by atomic mass is 10.2. The number of rotatable bonds is 8. The average Bonchev–Trinajstić information content (AvgIpc) is 2.79. The van der Waals surface area contributed by atoms with E-state index in [0.29, 0.717) is 21.3 Å². The van der Waals surface area contributed by atoms with Gasteiger partial charge in [-0.2, -0.15) is 5.10 Å². The Kier molecular flexibility index (Phi) is 7.99. The summed E-state index contributed by atoms with van der Waals surface area (Å²) in [5.41, 5.74) is 5.53. The summed E-state index contributed by atoms with van der Waals surface area (Å²) in [5, 5.41) is 6.98. The predicted molar refractivity (Wildman–Crippen MR) is 127 cm³/mol. The van der Waals surface area contributed by atoms with Crippen LogP contribution < -0.4 is 20.2 Å². The van der Waals surface area contributed by atoms with E-state index in [-0.39, 0.29) is 18.2 Å². The molecule has 3 aromatic rings. The molecular weight excluding hydrogens is 474 g/mol. The number of aryl methyl sites for hydroxylation is 1. The van der Waals surface area contributed by atoms with Gasteiger partial charge in [0.2, 0.25) is 0 Å². The smallest absolute Gasteiger partial charge is 0.344 e. The van der Waals surface area contributed by atoms with E-state index in [1.165, 1.54) is 13.3 Å². The summed E-state index contributed by atoms with van der Waals surface area (Å²) < 4.78 is 11.4. The summed E-state index contributed by atoms with van der Waals surface area (Å²) in [5.74, 6) is -0.156. The quantitative estimate of drug-likeness (QED) is 0.207. The third-order valence-electron chi connectivity index (χ3n) is 4.39. The van der Waals surface area contributed by atoms with Crippen LogP contribution in [0.3, 0.4) is 0 Å². The number of amides is 1. The summed E-state index contributed by atoms with van der Waals surface area (Å²) in [6.07, 6.45) is 1.48. The first kappa shape index (κ1) is 23.0. The zero-order valence-electron chi connectivity index (χ0n) is 17.6. The Bertz CT molecular complexity index is 1130. The molecule has 0 fully saturated rings. The van der Waals surface area contributed by atoms with Crippen LogP contribution in [-0.2, 0) is 4.79 Å². The molecule has 0 saturated heterocycles. The summed E-state index contributed by atoms with van der Waals surface area (Å²) in [6.45, 7) is 2.09. The maximum atomic E-state index is 12.4. The van der Waals surface area contributed by atoms with E-state index in [1.54, 1.807) is 36.4 Å². The van der Waals surface area contributed by atoms with Gasteiger partial charge >= 0.3 is 5.97 Å². The van der Waals surface area contributed by atoms with Crippen molar-refractivity contribution in [1.82, 2.24) is 5.43 Å². The number of nitrogens with one attached hydrogen (secondary N) is 2. The molecule has 164 valence electrons. The zero-order chi connectivity index (χ0) is 22.9. The maximum absolute atomic E-state index is 12.4. The number of anilines is 1. The van der Waals surface area contributed by atoms with Crippen molar-refractivity contribution < 1.29 is 19.1 Å². The molecular formula is C24H22BrN3O4. The highest BCUT2D eigenvalue weighted by atomic mass is 79.9. The SMILES string of the molecule is COc1cc(/C=N/NC(=O)CNc2ccc(C)cc2)ccc1OC(=O)c1ccccc1Br. The van der Waals surface area contributed by atoms with Crippen molar-refractivity contribution in [3.05, 3.63) is 87.9 Å². The van der Waals surface area contributed by atoms with Crippen molar-refractivity contribution in [2.45, 2.75) is 6.92 Å². The number of carbonyl (C=O) groups is 2. The molecule has 0 spiro atoms. The van der Waals surface area contributed by atoms with Gasteiger partial charge in [-0.1, -0.05) is 29.8 Å². The number of hydrazone groups is 1. The molecule has 0 radical (unpaired) electrons. The van der Waals surface area contributed by atoms with Gasteiger partial charge in [-0.25, -0.2) is 10.2 Å². The van der Waals surface area contributed by atoms with E-state index in [4.69, 9.17) is 9.47 Å². The topological polar surface area (TPSA) is 89.0 Å². The molecule has 3 rings (SSSR count). The molecule has 0 unspecified atom stereocenters. The normalized spacial score (nSPS) is 10.6. The summed E-state index contributed by atoms with van der Waals surface area (Å²) in [7, 11) is 1.48. The van der Waals surface area contributed by atoms with Crippen molar-refractivity contribution in [1.29, 1.82) is 0 Å². The Morgan fingerprint density at radius 2 is 1.78 bits per heavy atom. The molecule has 2 N–H and O–H groups in total. The molecule has 0 saturated carbocycles. The lowest BCUT2D eigenvalue weighted by Crippen LogP contribution is -2.25. The van der Waals surface area contributed by atoms with Crippen molar-refractivity contribution >= 4 is 39.7 Å². The molecule has 0 atom stereocenters. The van der Waals surface area contributed by atoms with E-state index >= 15 is 0 Å². The third-order valence-corrected chi connectivity index (χ3v) is 5.08. The van der Waals surface area contributed by atoms with Gasteiger partial charge in [-0.3, -0.25) is 4.79 Å². The largest absolute Gasteiger partial charge is 0.493 e. The van der Waals surface area contributed by atoms with Crippen LogP contribution in [0.2, 0.25) is 0 Å². The average molecular weight is 496 g/mol. The van der Waals surface area contributed by atoms with E-state index in [1.807, 2.05) is 37.3 Å². The molecule has 3 aromatic carbocycles. The van der Waals surface area contributed by atoms with Gasteiger partial charge in [-0.15, -0.1) is 0 Å². The molecule has 0 bridgehead atoms. The van der Waals surface area contributed by atoms with Crippen LogP contribution in [0.4, 0.5) is 5.69 Å². The lowest BCUT2D eigenvalue weighted by Gasteiger charge is -2.10. The van der Waals surface area contributed by atoms with Crippen LogP contribution in [0.5, 0.6) is 11.5 Å². The minimum atomic E-state index is -0.509. The number of ether oxygens (including phenoxy) is 2. The maximum Gasteiger partial charge on any atom is 0.344 e. The summed E-state index contributed by atoms with van der Waals surface area (Å²) >= 11 is 3.34. The molecule has 1 amide bonds. The van der Waals surface area contributed by atoms with Crippen LogP contribution in [0.25, 0.3) is 0 Å². The number of carbonyl (C=O) groups excluding carboxylic acids is 2. The minimum Gasteiger partial charge on any atom is -0.493 e. The number of halogens is 1. The Morgan fingerprint density at radius 3 is 2.50 bits per heavy atom. The van der Waals surface area contributed by atoms with Gasteiger partial charge in [-0.05, 0) is 70.9 Å². The van der Waals surface area contributed by atoms with Crippen molar-refractivity contribution in [2.24, 2.45) is 5.10 Å². The highest BCUT2D eigenvalue weighted by Gasteiger charge is 2.15. The number of nitrogens with zero attached hydrogens (tertiary/aromatic N) is 1. The van der Waals surface area contributed by atoms with Crippen LogP contribution in [0.1, 0.15) is 21.5 Å². The molecule has 0 aliphatic heterocycles. The molecule has 0 heterocycles. The summed E-state index contributed by atoms with van der Waals surface area (Å²) in [4.78, 5) is 24.4. The Hall–Kier alpha value is -3.65. The van der Waals surface area contributed by atoms with Gasteiger partial charge in [0.05, 0.1) is 25.4 Å². The van der Waals surface area contributed by atoms with Gasteiger partial charge in [0.1, 0.15) is 0 Å². The fraction of sp³-hybridized carbons (Fsp3) is 0.125. The van der Waals surface area contributed by atoms with Gasteiger partial charge in [0.15, 0.2) is 11.5 Å². The number of benzene rings is 3. The zero-order valence-corrected chi connectivity index (χ0v) is 19.2. The van der Waals surface area contributed by atoms with Gasteiger partial charge < -0.3 is 14.8 Å². The molecule has 0 aromatic heterocycles. The fourth-order valence-electron chi connectivity index (χ4n) is 2.70. The predicted octanol–water partition coefficient (Wildman–Crippen LogP) is 4.55. The first-order chi connectivity index (χ1) is 15.5. The molecule has 32 heavy (non-hydrogen) atoms. The van der Waals surface area contributed by atoms with Crippen LogP contribution in [0.15, 0.2) is 76.3 Å². The van der Waals surface area contributed by atoms with E-state index in [9.17, 15) is 9.59 Å². The molecule has 7 nitrogen and oxygen atoms in total. The van der Waals surface area contributed by atoms with Crippen LogP contribution in [0, 0.1) is 6.92 Å². The summed E-state index contributed by atoms with van der Waals surface area (Å²) in [6, 6.07) is 19.7. The van der Waals surface area contributed by atoms with E-state index < -0.39 is 5.97 Å². The molecule has 0 aliphatic carbocycles. The lowest BCUT2D eigenvalue weighted by molar-refractivity contribution is -0.119. The Labute approximate surface area is 194 Å². The Morgan fingerprint density at radius 1 is 1.03 bits per heavy atom. The molecule has 8 heteroatoms. The number of hydrogen-bond acceptors (Lipinski definition) is 6. The van der Waals surface area contributed by atoms with Gasteiger partial charge in [0, 0.05) is 10.2 Å². The number of hydrogen-bond donors (Lipinski definition) is 2. The van der Waals surface area contributed by atoms with Gasteiger partial charge in [0.25, 0.3) is 5.91 Å². The first-order valence-corrected chi connectivity index (χ1v) is 10.5. The van der Waals surface area contributed by atoms with Crippen molar-refractivity contribution in [3.63, 3.8) is 0 Å². The van der Waals surface area contributed by atoms with Crippen LogP contribution >= 0.6 is 15.9 Å². The van der Waals surface area contributed by atoms with Crippen LogP contribution in [-0.4, -0.2) is 31.7 Å². The minimum absolute atomic E-state index is 0.0909.